The standard InChI is InChI=1S/C21H20O4S.C2H6/c1-13(22)26-18-12-11-17(19(18)21(24)25)20(23)16-9-7-15(8-10-16)14-5-3-2-4-6-14;1-2/h2-10,17-19H,11-12H2,1H3,(H,24,25);1-2H3. The van der Waals surface area contributed by atoms with Crippen LogP contribution in [0.3, 0.4) is 0 Å². The van der Waals surface area contributed by atoms with Gasteiger partial charge in [0.25, 0.3) is 0 Å². The number of carboxylic acids is 1. The predicted molar refractivity (Wildman–Crippen MR) is 113 cm³/mol. The fourth-order valence-electron chi connectivity index (χ4n) is 3.60. The Kier molecular flexibility index (Phi) is 8.00. The Balaban J connectivity index is 0.00000136. The first-order valence-corrected chi connectivity index (χ1v) is 10.4. The highest BCUT2D eigenvalue weighted by atomic mass is 32.2. The second-order valence-corrected chi connectivity index (χ2v) is 7.92. The third-order valence-corrected chi connectivity index (χ3v) is 5.98. The fourth-order valence-corrected chi connectivity index (χ4v) is 4.74. The molecule has 0 bridgehead atoms. The van der Waals surface area contributed by atoms with E-state index in [-0.39, 0.29) is 16.1 Å². The molecule has 28 heavy (non-hydrogen) atoms. The first-order chi connectivity index (χ1) is 13.5. The van der Waals surface area contributed by atoms with E-state index in [1.165, 1.54) is 6.92 Å². The number of thioether (sulfide) groups is 1. The Morgan fingerprint density at radius 2 is 1.46 bits per heavy atom. The molecule has 0 aliphatic heterocycles. The van der Waals surface area contributed by atoms with Gasteiger partial charge in [-0.05, 0) is 24.0 Å². The maximum absolute atomic E-state index is 12.9. The van der Waals surface area contributed by atoms with E-state index < -0.39 is 17.8 Å². The van der Waals surface area contributed by atoms with Gasteiger partial charge in [0.2, 0.25) is 0 Å². The lowest BCUT2D eigenvalue weighted by molar-refractivity contribution is -0.142. The molecular formula is C23H26O4S. The third kappa shape index (κ3) is 5.10. The second kappa shape index (κ2) is 10.2. The average Bonchev–Trinajstić information content (AvgIpc) is 3.13. The molecular weight excluding hydrogens is 372 g/mol. The van der Waals surface area contributed by atoms with Gasteiger partial charge in [0.1, 0.15) is 0 Å². The molecule has 1 fully saturated rings. The van der Waals surface area contributed by atoms with Crippen molar-refractivity contribution in [1.29, 1.82) is 0 Å². The van der Waals surface area contributed by atoms with Crippen molar-refractivity contribution in [2.45, 2.75) is 38.9 Å². The summed E-state index contributed by atoms with van der Waals surface area (Å²) >= 11 is 1.04. The molecule has 5 heteroatoms. The van der Waals surface area contributed by atoms with Gasteiger partial charge in [0, 0.05) is 23.7 Å². The fraction of sp³-hybridized carbons (Fsp3) is 0.348. The molecule has 4 nitrogen and oxygen atoms in total. The highest BCUT2D eigenvalue weighted by molar-refractivity contribution is 8.14. The van der Waals surface area contributed by atoms with Gasteiger partial charge in [-0.25, -0.2) is 0 Å². The maximum atomic E-state index is 12.9. The van der Waals surface area contributed by atoms with Crippen molar-refractivity contribution >= 4 is 28.6 Å². The van der Waals surface area contributed by atoms with Crippen molar-refractivity contribution in [2.75, 3.05) is 0 Å². The molecule has 1 aliphatic carbocycles. The molecule has 1 N–H and O–H groups in total. The molecule has 0 heterocycles. The van der Waals surface area contributed by atoms with Crippen molar-refractivity contribution < 1.29 is 19.5 Å². The average molecular weight is 399 g/mol. The maximum Gasteiger partial charge on any atom is 0.308 e. The molecule has 0 spiro atoms. The van der Waals surface area contributed by atoms with Crippen molar-refractivity contribution in [3.05, 3.63) is 60.2 Å². The molecule has 3 atom stereocenters. The normalized spacial score (nSPS) is 20.8. The van der Waals surface area contributed by atoms with Gasteiger partial charge in [0.15, 0.2) is 10.9 Å². The van der Waals surface area contributed by atoms with Gasteiger partial charge >= 0.3 is 5.97 Å². The molecule has 1 saturated carbocycles. The highest BCUT2D eigenvalue weighted by Gasteiger charge is 2.45. The van der Waals surface area contributed by atoms with Crippen LogP contribution in [-0.4, -0.2) is 27.2 Å². The SMILES string of the molecule is CC.CC(=O)SC1CCC(C(=O)c2ccc(-c3ccccc3)cc2)C1C(=O)O. The molecule has 2 aromatic carbocycles. The van der Waals surface area contributed by atoms with Crippen molar-refractivity contribution in [3.63, 3.8) is 0 Å². The van der Waals surface area contributed by atoms with E-state index in [0.717, 1.165) is 22.9 Å². The Bertz CT molecular complexity index is 814. The van der Waals surface area contributed by atoms with Crippen LogP contribution in [0.15, 0.2) is 54.6 Å². The summed E-state index contributed by atoms with van der Waals surface area (Å²) in [5.41, 5.74) is 2.59. The van der Waals surface area contributed by atoms with E-state index in [1.54, 1.807) is 12.1 Å². The van der Waals surface area contributed by atoms with E-state index in [0.29, 0.717) is 18.4 Å². The topological polar surface area (TPSA) is 71.4 Å². The van der Waals surface area contributed by atoms with Crippen LogP contribution in [0.2, 0.25) is 0 Å². The number of hydrogen-bond donors (Lipinski definition) is 1. The van der Waals surface area contributed by atoms with Crippen molar-refractivity contribution in [1.82, 2.24) is 0 Å². The van der Waals surface area contributed by atoms with Gasteiger partial charge in [-0.15, -0.1) is 0 Å². The smallest absolute Gasteiger partial charge is 0.308 e. The summed E-state index contributed by atoms with van der Waals surface area (Å²) < 4.78 is 0. The van der Waals surface area contributed by atoms with Crippen molar-refractivity contribution in [2.24, 2.45) is 11.8 Å². The number of rotatable bonds is 5. The van der Waals surface area contributed by atoms with Gasteiger partial charge in [-0.1, -0.05) is 80.2 Å². The number of Topliss-reactive ketones (excluding diaryl/α,β-unsaturated/α-hetero) is 1. The minimum Gasteiger partial charge on any atom is -0.481 e. The number of carbonyl (C=O) groups excluding carboxylic acids is 2. The molecule has 0 aromatic heterocycles. The van der Waals surface area contributed by atoms with E-state index in [1.807, 2.05) is 56.3 Å². The minimum absolute atomic E-state index is 0.110. The van der Waals surface area contributed by atoms with Gasteiger partial charge < -0.3 is 5.11 Å². The number of ketones is 1. The van der Waals surface area contributed by atoms with E-state index in [9.17, 15) is 19.5 Å². The zero-order valence-electron chi connectivity index (χ0n) is 16.4. The Morgan fingerprint density at radius 3 is 2.00 bits per heavy atom. The van der Waals surface area contributed by atoms with Crippen LogP contribution in [0.4, 0.5) is 0 Å². The summed E-state index contributed by atoms with van der Waals surface area (Å²) in [6, 6.07) is 17.1. The van der Waals surface area contributed by atoms with E-state index >= 15 is 0 Å². The zero-order chi connectivity index (χ0) is 20.7. The first-order valence-electron chi connectivity index (χ1n) is 9.57. The molecule has 2 aromatic rings. The Labute approximate surface area is 170 Å². The van der Waals surface area contributed by atoms with Crippen LogP contribution in [0.25, 0.3) is 11.1 Å². The highest BCUT2D eigenvalue weighted by Crippen LogP contribution is 2.41. The van der Waals surface area contributed by atoms with E-state index in [4.69, 9.17) is 0 Å². The van der Waals surface area contributed by atoms with Crippen molar-refractivity contribution in [3.8, 4) is 11.1 Å². The van der Waals surface area contributed by atoms with Crippen LogP contribution in [0.1, 0.15) is 44.0 Å². The number of aliphatic carboxylic acids is 1. The van der Waals surface area contributed by atoms with Gasteiger partial charge in [0.05, 0.1) is 5.92 Å². The number of hydrogen-bond acceptors (Lipinski definition) is 4. The molecule has 0 saturated heterocycles. The van der Waals surface area contributed by atoms with Crippen LogP contribution in [-0.2, 0) is 9.59 Å². The first kappa shape index (κ1) is 21.9. The summed E-state index contributed by atoms with van der Waals surface area (Å²) in [5.74, 6) is -2.54. The molecule has 0 radical (unpaired) electrons. The lowest BCUT2D eigenvalue weighted by Crippen LogP contribution is -2.31. The second-order valence-electron chi connectivity index (χ2n) is 6.50. The van der Waals surface area contributed by atoms with E-state index in [2.05, 4.69) is 0 Å². The summed E-state index contributed by atoms with van der Waals surface area (Å²) in [5, 5.41) is 9.14. The minimum atomic E-state index is -1.000. The van der Waals surface area contributed by atoms with Gasteiger partial charge in [-0.2, -0.15) is 0 Å². The predicted octanol–water partition coefficient (Wildman–Crippen LogP) is 5.32. The zero-order valence-corrected chi connectivity index (χ0v) is 17.2. The molecule has 3 unspecified atom stereocenters. The lowest BCUT2D eigenvalue weighted by atomic mass is 9.88. The summed E-state index contributed by atoms with van der Waals surface area (Å²) in [4.78, 5) is 36.0. The van der Waals surface area contributed by atoms with Crippen LogP contribution >= 0.6 is 11.8 Å². The largest absolute Gasteiger partial charge is 0.481 e. The number of benzene rings is 2. The molecule has 0 amide bonds. The summed E-state index contributed by atoms with van der Waals surface area (Å²) in [7, 11) is 0. The molecule has 148 valence electrons. The molecule has 1 aliphatic rings. The summed E-state index contributed by atoms with van der Waals surface area (Å²) in [6.45, 7) is 5.43. The Morgan fingerprint density at radius 1 is 0.893 bits per heavy atom. The quantitative estimate of drug-likeness (QED) is 0.690. The number of carboxylic acid groups (broad SMARTS) is 1. The van der Waals surface area contributed by atoms with Gasteiger partial charge in [-0.3, -0.25) is 14.4 Å². The summed E-state index contributed by atoms with van der Waals surface area (Å²) in [6.07, 6.45) is 1.07. The van der Waals surface area contributed by atoms with Crippen LogP contribution < -0.4 is 0 Å². The third-order valence-electron chi connectivity index (χ3n) is 4.81. The molecule has 3 rings (SSSR count). The lowest BCUT2D eigenvalue weighted by Gasteiger charge is -2.19. The number of carbonyl (C=O) groups is 3. The Hall–Kier alpha value is -2.40. The van der Waals surface area contributed by atoms with Crippen LogP contribution in [0.5, 0.6) is 0 Å². The monoisotopic (exact) mass is 398 g/mol. The van der Waals surface area contributed by atoms with Crippen LogP contribution in [0, 0.1) is 11.8 Å².